The van der Waals surface area contributed by atoms with Crippen LogP contribution in [0.25, 0.3) is 0 Å². The molecule has 17 heavy (non-hydrogen) atoms. The van der Waals surface area contributed by atoms with Crippen molar-refractivity contribution in [2.75, 3.05) is 60.0 Å². The van der Waals surface area contributed by atoms with E-state index in [1.54, 1.807) is 7.11 Å². The number of methoxy groups -OCH3 is 1. The van der Waals surface area contributed by atoms with Crippen molar-refractivity contribution < 1.29 is 23.7 Å². The topological polar surface area (TPSA) is 46.2 Å². The lowest BCUT2D eigenvalue weighted by atomic mass is 10.3. The third kappa shape index (κ3) is 7.53. The average Bonchev–Trinajstić information content (AvgIpc) is 2.73. The van der Waals surface area contributed by atoms with Crippen molar-refractivity contribution in [2.45, 2.75) is 10.0 Å². The number of ether oxygens (including phenoxy) is 5. The molecule has 1 rings (SSSR count). The van der Waals surface area contributed by atoms with Crippen LogP contribution in [0.2, 0.25) is 0 Å². The van der Waals surface area contributed by atoms with Crippen LogP contribution < -0.4 is 0 Å². The molecule has 102 valence electrons. The monoisotopic (exact) mass is 360 g/mol. The fourth-order valence-electron chi connectivity index (χ4n) is 1.38. The van der Waals surface area contributed by atoms with E-state index in [-0.39, 0.29) is 6.10 Å². The minimum atomic E-state index is 0.220. The molecule has 0 amide bonds. The highest BCUT2D eigenvalue weighted by atomic mass is 127. The number of hydrogen-bond donors (Lipinski definition) is 0. The molecule has 5 nitrogen and oxygen atoms in total. The molecule has 2 unspecified atom stereocenters. The second kappa shape index (κ2) is 10.5. The van der Waals surface area contributed by atoms with Gasteiger partial charge in [0.15, 0.2) is 0 Å². The van der Waals surface area contributed by atoms with Crippen molar-refractivity contribution >= 4 is 22.6 Å². The first kappa shape index (κ1) is 15.6. The van der Waals surface area contributed by atoms with Crippen LogP contribution >= 0.6 is 22.6 Å². The molecule has 1 heterocycles. The van der Waals surface area contributed by atoms with Gasteiger partial charge in [-0.15, -0.1) is 0 Å². The van der Waals surface area contributed by atoms with Gasteiger partial charge in [0.1, 0.15) is 0 Å². The largest absolute Gasteiger partial charge is 0.382 e. The zero-order valence-electron chi connectivity index (χ0n) is 10.2. The van der Waals surface area contributed by atoms with E-state index in [2.05, 4.69) is 22.6 Å². The predicted molar refractivity (Wildman–Crippen MR) is 71.9 cm³/mol. The summed E-state index contributed by atoms with van der Waals surface area (Å²) in [5.74, 6) is 0. The first-order chi connectivity index (χ1) is 8.34. The van der Waals surface area contributed by atoms with Crippen LogP contribution in [0.3, 0.4) is 0 Å². The van der Waals surface area contributed by atoms with E-state index in [4.69, 9.17) is 23.7 Å². The fraction of sp³-hybridized carbons (Fsp3) is 1.00. The second-order valence-electron chi connectivity index (χ2n) is 3.68. The van der Waals surface area contributed by atoms with Crippen molar-refractivity contribution in [2.24, 2.45) is 0 Å². The van der Waals surface area contributed by atoms with Gasteiger partial charge in [-0.05, 0) is 0 Å². The Bertz CT molecular complexity index is 181. The quantitative estimate of drug-likeness (QED) is 0.329. The number of rotatable bonds is 10. The molecule has 6 heteroatoms. The van der Waals surface area contributed by atoms with E-state index in [1.165, 1.54) is 0 Å². The van der Waals surface area contributed by atoms with Gasteiger partial charge in [-0.3, -0.25) is 0 Å². The lowest BCUT2D eigenvalue weighted by molar-refractivity contribution is -0.0163. The first-order valence-corrected chi connectivity index (χ1v) is 7.07. The third-order valence-electron chi connectivity index (χ3n) is 2.33. The van der Waals surface area contributed by atoms with Gasteiger partial charge < -0.3 is 23.7 Å². The molecule has 2 atom stereocenters. The summed E-state index contributed by atoms with van der Waals surface area (Å²) in [6, 6.07) is 0. The Labute approximate surface area is 116 Å². The molecule has 1 aliphatic rings. The van der Waals surface area contributed by atoms with Crippen LogP contribution in [0.5, 0.6) is 0 Å². The standard InChI is InChI=1S/C11H21IO5/c1-13-2-3-14-4-5-15-6-7-17-11-9-16-8-10(11)12/h10-11H,2-9H2,1H3. The van der Waals surface area contributed by atoms with E-state index in [0.717, 1.165) is 6.61 Å². The Balaban J connectivity index is 1.78. The van der Waals surface area contributed by atoms with Gasteiger partial charge in [0.05, 0.1) is 62.9 Å². The predicted octanol–water partition coefficient (Wildman–Crippen LogP) is 0.885. The summed E-state index contributed by atoms with van der Waals surface area (Å²) in [5.41, 5.74) is 0. The maximum absolute atomic E-state index is 5.64. The molecule has 1 saturated heterocycles. The lowest BCUT2D eigenvalue weighted by Gasteiger charge is -2.13. The molecular weight excluding hydrogens is 339 g/mol. The maximum atomic E-state index is 5.64. The summed E-state index contributed by atoms with van der Waals surface area (Å²) in [6.45, 7) is 5.16. The maximum Gasteiger partial charge on any atom is 0.0949 e. The lowest BCUT2D eigenvalue weighted by Crippen LogP contribution is -2.24. The number of hydrogen-bond acceptors (Lipinski definition) is 5. The zero-order valence-corrected chi connectivity index (χ0v) is 12.4. The highest BCUT2D eigenvalue weighted by Gasteiger charge is 2.25. The van der Waals surface area contributed by atoms with Crippen LogP contribution in [-0.2, 0) is 23.7 Å². The van der Waals surface area contributed by atoms with E-state index >= 15 is 0 Å². The third-order valence-corrected chi connectivity index (χ3v) is 3.49. The number of alkyl halides is 1. The summed E-state index contributed by atoms with van der Waals surface area (Å²) < 4.78 is 26.9. The van der Waals surface area contributed by atoms with Gasteiger partial charge in [0, 0.05) is 7.11 Å². The molecule has 0 aromatic heterocycles. The second-order valence-corrected chi connectivity index (χ2v) is 5.28. The van der Waals surface area contributed by atoms with Crippen molar-refractivity contribution in [1.82, 2.24) is 0 Å². The molecule has 0 aliphatic carbocycles. The number of halogens is 1. The van der Waals surface area contributed by atoms with Crippen LogP contribution in [0.15, 0.2) is 0 Å². The first-order valence-electron chi connectivity index (χ1n) is 5.82. The van der Waals surface area contributed by atoms with Crippen molar-refractivity contribution in [3.05, 3.63) is 0 Å². The van der Waals surface area contributed by atoms with Crippen LogP contribution in [-0.4, -0.2) is 70.0 Å². The average molecular weight is 360 g/mol. The zero-order chi connectivity index (χ0) is 12.3. The van der Waals surface area contributed by atoms with E-state index < -0.39 is 0 Å². The SMILES string of the molecule is COCCOCCOCCOC1COCC1I. The minimum absolute atomic E-state index is 0.220. The van der Waals surface area contributed by atoms with E-state index in [0.29, 0.717) is 50.2 Å². The minimum Gasteiger partial charge on any atom is -0.382 e. The van der Waals surface area contributed by atoms with E-state index in [1.807, 2.05) is 0 Å². The molecule has 0 saturated carbocycles. The molecule has 1 fully saturated rings. The van der Waals surface area contributed by atoms with Crippen molar-refractivity contribution in [3.8, 4) is 0 Å². The summed E-state index contributed by atoms with van der Waals surface area (Å²) in [6.07, 6.45) is 0.220. The molecular formula is C11H21IO5. The van der Waals surface area contributed by atoms with Gasteiger partial charge in [-0.2, -0.15) is 0 Å². The summed E-state index contributed by atoms with van der Waals surface area (Å²) in [5, 5.41) is 0. The van der Waals surface area contributed by atoms with Gasteiger partial charge in [-0.1, -0.05) is 22.6 Å². The molecule has 0 bridgehead atoms. The highest BCUT2D eigenvalue weighted by Crippen LogP contribution is 2.17. The molecule has 1 aliphatic heterocycles. The molecule has 0 aromatic rings. The Morgan fingerprint density at radius 1 is 1.00 bits per heavy atom. The smallest absolute Gasteiger partial charge is 0.0949 e. The summed E-state index contributed by atoms with van der Waals surface area (Å²) >= 11 is 2.36. The van der Waals surface area contributed by atoms with Crippen LogP contribution in [0.4, 0.5) is 0 Å². The normalized spacial score (nSPS) is 24.4. The Kier molecular flexibility index (Phi) is 9.58. The Morgan fingerprint density at radius 3 is 2.24 bits per heavy atom. The Hall–Kier alpha value is 0.530. The Morgan fingerprint density at radius 2 is 1.65 bits per heavy atom. The van der Waals surface area contributed by atoms with Crippen LogP contribution in [0, 0.1) is 0 Å². The summed E-state index contributed by atoms with van der Waals surface area (Å²) in [7, 11) is 1.66. The van der Waals surface area contributed by atoms with Crippen LogP contribution in [0.1, 0.15) is 0 Å². The van der Waals surface area contributed by atoms with Gasteiger partial charge in [-0.25, -0.2) is 0 Å². The van der Waals surface area contributed by atoms with Gasteiger partial charge in [0.2, 0.25) is 0 Å². The molecule has 0 aromatic carbocycles. The summed E-state index contributed by atoms with van der Waals surface area (Å²) in [4.78, 5) is 0. The molecule has 0 N–H and O–H groups in total. The molecule has 0 radical (unpaired) electrons. The fourth-order valence-corrected chi connectivity index (χ4v) is 2.05. The van der Waals surface area contributed by atoms with Gasteiger partial charge >= 0.3 is 0 Å². The van der Waals surface area contributed by atoms with E-state index in [9.17, 15) is 0 Å². The van der Waals surface area contributed by atoms with Gasteiger partial charge in [0.25, 0.3) is 0 Å². The van der Waals surface area contributed by atoms with Crippen molar-refractivity contribution in [1.29, 1.82) is 0 Å². The van der Waals surface area contributed by atoms with Crippen molar-refractivity contribution in [3.63, 3.8) is 0 Å². The highest BCUT2D eigenvalue weighted by molar-refractivity contribution is 14.1. The molecule has 0 spiro atoms.